The molecular weight excluding hydrogens is 295 g/mol. The van der Waals surface area contributed by atoms with Gasteiger partial charge < -0.3 is 5.73 Å². The molecule has 0 heterocycles. The Morgan fingerprint density at radius 1 is 1.39 bits per heavy atom. The summed E-state index contributed by atoms with van der Waals surface area (Å²) in [7, 11) is -3.58. The lowest BCUT2D eigenvalue weighted by atomic mass is 10.1. The highest BCUT2D eigenvalue weighted by molar-refractivity contribution is 7.89. The number of nitrogens with two attached hydrogens (primary N) is 1. The summed E-state index contributed by atoms with van der Waals surface area (Å²) in [4.78, 5) is 0.148. The van der Waals surface area contributed by atoms with Gasteiger partial charge in [0.15, 0.2) is 0 Å². The minimum absolute atomic E-state index is 0. The zero-order chi connectivity index (χ0) is 13.3. The second kappa shape index (κ2) is 6.21. The molecule has 3 N–H and O–H groups in total. The normalized spacial score (nSPS) is 12.1. The van der Waals surface area contributed by atoms with Gasteiger partial charge in [-0.3, -0.25) is 0 Å². The van der Waals surface area contributed by atoms with Crippen LogP contribution in [0.2, 0.25) is 5.02 Å². The summed E-state index contributed by atoms with van der Waals surface area (Å²) >= 11 is 5.91. The lowest BCUT2D eigenvalue weighted by molar-refractivity contribution is 0.462. The molecule has 0 saturated heterocycles. The molecule has 0 aromatic heterocycles. The molecule has 1 aromatic rings. The summed E-state index contributed by atoms with van der Waals surface area (Å²) in [5.41, 5.74) is 5.64. The molecule has 0 spiro atoms. The van der Waals surface area contributed by atoms with Gasteiger partial charge in [0.25, 0.3) is 0 Å². The van der Waals surface area contributed by atoms with Crippen LogP contribution in [0, 0.1) is 6.92 Å². The van der Waals surface area contributed by atoms with Crippen LogP contribution in [0.25, 0.3) is 0 Å². The highest BCUT2D eigenvalue weighted by Crippen LogP contribution is 2.20. The predicted molar refractivity (Wildman–Crippen MR) is 76.9 cm³/mol. The monoisotopic (exact) mass is 312 g/mol. The highest BCUT2D eigenvalue weighted by atomic mass is 35.5. The van der Waals surface area contributed by atoms with Crippen LogP contribution in [0.4, 0.5) is 0 Å². The quantitative estimate of drug-likeness (QED) is 0.894. The van der Waals surface area contributed by atoms with E-state index in [2.05, 4.69) is 4.72 Å². The van der Waals surface area contributed by atoms with E-state index in [1.165, 1.54) is 12.1 Å². The molecule has 0 fully saturated rings. The molecule has 0 radical (unpaired) electrons. The Balaban J connectivity index is 0.00000289. The van der Waals surface area contributed by atoms with E-state index >= 15 is 0 Å². The van der Waals surface area contributed by atoms with Crippen molar-refractivity contribution in [1.82, 2.24) is 4.72 Å². The summed E-state index contributed by atoms with van der Waals surface area (Å²) in [6.45, 7) is 5.47. The SMILES string of the molecule is Cc1ccc(S(=O)(=O)NC(C)(C)CN)cc1Cl.Cl. The summed E-state index contributed by atoms with van der Waals surface area (Å²) in [6.07, 6.45) is 0. The molecule has 0 aliphatic rings. The molecule has 0 aliphatic heterocycles. The van der Waals surface area contributed by atoms with E-state index in [1.54, 1.807) is 19.9 Å². The summed E-state index contributed by atoms with van der Waals surface area (Å²) in [6, 6.07) is 4.63. The Labute approximate surface area is 119 Å². The van der Waals surface area contributed by atoms with Crippen LogP contribution in [-0.2, 0) is 10.0 Å². The molecule has 0 amide bonds. The lowest BCUT2D eigenvalue weighted by Crippen LogP contribution is -2.48. The maximum absolute atomic E-state index is 12.0. The fourth-order valence-electron chi connectivity index (χ4n) is 1.21. The van der Waals surface area contributed by atoms with Crippen molar-refractivity contribution in [3.05, 3.63) is 28.8 Å². The van der Waals surface area contributed by atoms with Crippen LogP contribution < -0.4 is 10.5 Å². The van der Waals surface area contributed by atoms with Crippen LogP contribution in [0.15, 0.2) is 23.1 Å². The Bertz CT molecular complexity index is 516. The van der Waals surface area contributed by atoms with Crippen molar-refractivity contribution in [3.63, 3.8) is 0 Å². The smallest absolute Gasteiger partial charge is 0.241 e. The van der Waals surface area contributed by atoms with Crippen molar-refractivity contribution in [3.8, 4) is 0 Å². The number of halogens is 2. The summed E-state index contributed by atoms with van der Waals surface area (Å²) in [5.74, 6) is 0. The first kappa shape index (κ1) is 17.7. The number of hydrogen-bond donors (Lipinski definition) is 2. The number of hydrogen-bond acceptors (Lipinski definition) is 3. The van der Waals surface area contributed by atoms with Gasteiger partial charge in [-0.25, -0.2) is 13.1 Å². The van der Waals surface area contributed by atoms with Gasteiger partial charge in [0.1, 0.15) is 0 Å². The molecular formula is C11H18Cl2N2O2S. The van der Waals surface area contributed by atoms with E-state index < -0.39 is 15.6 Å². The van der Waals surface area contributed by atoms with Gasteiger partial charge in [-0.2, -0.15) is 0 Å². The van der Waals surface area contributed by atoms with Crippen molar-refractivity contribution < 1.29 is 8.42 Å². The molecule has 0 aliphatic carbocycles. The zero-order valence-electron chi connectivity index (χ0n) is 10.5. The number of rotatable bonds is 4. The Hall–Kier alpha value is -0.330. The van der Waals surface area contributed by atoms with Gasteiger partial charge in [-0.15, -0.1) is 12.4 Å². The van der Waals surface area contributed by atoms with Gasteiger partial charge in [0, 0.05) is 17.1 Å². The molecule has 0 saturated carbocycles. The summed E-state index contributed by atoms with van der Waals surface area (Å²) in [5, 5.41) is 0.429. The molecule has 0 atom stereocenters. The van der Waals surface area contributed by atoms with Gasteiger partial charge in [0.05, 0.1) is 4.90 Å². The first-order valence-electron chi connectivity index (χ1n) is 5.18. The second-order valence-electron chi connectivity index (χ2n) is 4.60. The standard InChI is InChI=1S/C11H17ClN2O2S.ClH/c1-8-4-5-9(6-10(8)12)17(15,16)14-11(2,3)7-13;/h4-6,14H,7,13H2,1-3H3;1H. The van der Waals surface area contributed by atoms with E-state index in [0.717, 1.165) is 5.56 Å². The average molecular weight is 313 g/mol. The third kappa shape index (κ3) is 4.40. The maximum atomic E-state index is 12.0. The van der Waals surface area contributed by atoms with E-state index in [-0.39, 0.29) is 23.8 Å². The van der Waals surface area contributed by atoms with Crippen molar-refractivity contribution in [2.45, 2.75) is 31.2 Å². The maximum Gasteiger partial charge on any atom is 0.241 e. The fraction of sp³-hybridized carbons (Fsp3) is 0.455. The minimum atomic E-state index is -3.58. The Kier molecular flexibility index (Phi) is 6.10. The number of sulfonamides is 1. The third-order valence-corrected chi connectivity index (χ3v) is 4.48. The second-order valence-corrected chi connectivity index (χ2v) is 6.69. The summed E-state index contributed by atoms with van der Waals surface area (Å²) < 4.78 is 26.6. The Morgan fingerprint density at radius 2 is 1.94 bits per heavy atom. The molecule has 1 aromatic carbocycles. The molecule has 104 valence electrons. The topological polar surface area (TPSA) is 72.2 Å². The van der Waals surface area contributed by atoms with Gasteiger partial charge >= 0.3 is 0 Å². The van der Waals surface area contributed by atoms with Gasteiger partial charge in [-0.05, 0) is 38.5 Å². The van der Waals surface area contributed by atoms with Crippen LogP contribution in [-0.4, -0.2) is 20.5 Å². The van der Waals surface area contributed by atoms with Crippen LogP contribution in [0.1, 0.15) is 19.4 Å². The highest BCUT2D eigenvalue weighted by Gasteiger charge is 2.25. The van der Waals surface area contributed by atoms with Crippen LogP contribution in [0.3, 0.4) is 0 Å². The number of aryl methyl sites for hydroxylation is 1. The van der Waals surface area contributed by atoms with Gasteiger partial charge in [0.2, 0.25) is 10.0 Å². The van der Waals surface area contributed by atoms with Crippen LogP contribution >= 0.6 is 24.0 Å². The fourth-order valence-corrected chi connectivity index (χ4v) is 2.90. The molecule has 0 unspecified atom stereocenters. The zero-order valence-corrected chi connectivity index (χ0v) is 12.9. The Morgan fingerprint density at radius 3 is 2.39 bits per heavy atom. The van der Waals surface area contributed by atoms with Crippen molar-refractivity contribution in [1.29, 1.82) is 0 Å². The van der Waals surface area contributed by atoms with E-state index in [1.807, 2.05) is 6.92 Å². The molecule has 18 heavy (non-hydrogen) atoms. The first-order valence-corrected chi connectivity index (χ1v) is 7.04. The first-order chi connectivity index (χ1) is 7.68. The van der Waals surface area contributed by atoms with E-state index in [4.69, 9.17) is 17.3 Å². The third-order valence-electron chi connectivity index (χ3n) is 2.37. The number of nitrogens with one attached hydrogen (secondary N) is 1. The predicted octanol–water partition coefficient (Wildman–Crippen LogP) is 2.09. The van der Waals surface area contributed by atoms with E-state index in [0.29, 0.717) is 5.02 Å². The van der Waals surface area contributed by atoms with Crippen molar-refractivity contribution >= 4 is 34.0 Å². The lowest BCUT2D eigenvalue weighted by Gasteiger charge is -2.23. The molecule has 0 bridgehead atoms. The largest absolute Gasteiger partial charge is 0.329 e. The van der Waals surface area contributed by atoms with Crippen molar-refractivity contribution in [2.75, 3.05) is 6.54 Å². The van der Waals surface area contributed by atoms with E-state index in [9.17, 15) is 8.42 Å². The molecule has 1 rings (SSSR count). The molecule has 7 heteroatoms. The average Bonchev–Trinajstić information content (AvgIpc) is 2.20. The van der Waals surface area contributed by atoms with Gasteiger partial charge in [-0.1, -0.05) is 17.7 Å². The van der Waals surface area contributed by atoms with Crippen molar-refractivity contribution in [2.24, 2.45) is 5.73 Å². The van der Waals surface area contributed by atoms with Crippen LogP contribution in [0.5, 0.6) is 0 Å². The number of benzene rings is 1. The minimum Gasteiger partial charge on any atom is -0.329 e. The molecule has 4 nitrogen and oxygen atoms in total.